The summed E-state index contributed by atoms with van der Waals surface area (Å²) in [5.41, 5.74) is -0.755. The second kappa shape index (κ2) is 5.09. The van der Waals surface area contributed by atoms with Crippen molar-refractivity contribution in [3.63, 3.8) is 0 Å². The number of ketones is 2. The Hall–Kier alpha value is -2.70. The molecule has 2 N–H and O–H groups in total. The summed E-state index contributed by atoms with van der Waals surface area (Å²) in [6, 6.07) is 3.47. The fourth-order valence-electron chi connectivity index (χ4n) is 1.34. The van der Waals surface area contributed by atoms with E-state index in [9.17, 15) is 19.2 Å². The smallest absolute Gasteiger partial charge is 0.377 e. The van der Waals surface area contributed by atoms with Crippen molar-refractivity contribution in [1.82, 2.24) is 0 Å². The number of carboxylic acids is 2. The van der Waals surface area contributed by atoms with E-state index in [1.807, 2.05) is 0 Å². The van der Waals surface area contributed by atoms with Gasteiger partial charge in [0.2, 0.25) is 0 Å². The maximum absolute atomic E-state index is 11.3. The number of para-hydroxylation sites is 1. The minimum atomic E-state index is -1.73. The van der Waals surface area contributed by atoms with Crippen molar-refractivity contribution < 1.29 is 34.1 Å². The van der Waals surface area contributed by atoms with Gasteiger partial charge in [-0.05, 0) is 12.1 Å². The lowest BCUT2D eigenvalue weighted by molar-refractivity contribution is -0.132. The third-order valence-corrected chi connectivity index (χ3v) is 2.10. The van der Waals surface area contributed by atoms with E-state index in [4.69, 9.17) is 14.9 Å². The number of Topliss-reactive ketones (excluding diaryl/α,β-unsaturated/α-hetero) is 2. The highest BCUT2D eigenvalue weighted by Gasteiger charge is 2.26. The molecule has 7 nitrogen and oxygen atoms in total. The first-order valence-corrected chi connectivity index (χ1v) is 4.62. The number of methoxy groups -OCH3 is 1. The summed E-state index contributed by atoms with van der Waals surface area (Å²) in [4.78, 5) is 43.8. The average Bonchev–Trinajstić information content (AvgIpc) is 2.35. The Balaban J connectivity index is 3.44. The molecule has 0 heterocycles. The van der Waals surface area contributed by atoms with Crippen molar-refractivity contribution in [3.8, 4) is 5.75 Å². The summed E-state index contributed by atoms with van der Waals surface area (Å²) in [5.74, 6) is -6.39. The van der Waals surface area contributed by atoms with Gasteiger partial charge in [0.15, 0.2) is 0 Å². The zero-order valence-corrected chi connectivity index (χ0v) is 9.17. The fourth-order valence-corrected chi connectivity index (χ4v) is 1.34. The number of hydrogen-bond donors (Lipinski definition) is 2. The highest BCUT2D eigenvalue weighted by atomic mass is 16.5. The van der Waals surface area contributed by atoms with Gasteiger partial charge in [0.25, 0.3) is 11.6 Å². The molecule has 0 fully saturated rings. The van der Waals surface area contributed by atoms with Gasteiger partial charge in [-0.2, -0.15) is 0 Å². The summed E-state index contributed by atoms with van der Waals surface area (Å²) >= 11 is 0. The number of carboxylic acid groups (broad SMARTS) is 2. The summed E-state index contributed by atoms with van der Waals surface area (Å²) in [6.45, 7) is 0. The average molecular weight is 252 g/mol. The van der Waals surface area contributed by atoms with Crippen molar-refractivity contribution in [3.05, 3.63) is 29.3 Å². The Kier molecular flexibility index (Phi) is 3.78. The quantitative estimate of drug-likeness (QED) is 0.568. The van der Waals surface area contributed by atoms with Crippen molar-refractivity contribution >= 4 is 23.5 Å². The Morgan fingerprint density at radius 1 is 0.944 bits per heavy atom. The highest BCUT2D eigenvalue weighted by Crippen LogP contribution is 2.25. The first kappa shape index (κ1) is 13.4. The number of hydrogen-bond acceptors (Lipinski definition) is 5. The van der Waals surface area contributed by atoms with Gasteiger partial charge in [-0.1, -0.05) is 6.07 Å². The number of rotatable bonds is 5. The Labute approximate surface area is 101 Å². The summed E-state index contributed by atoms with van der Waals surface area (Å²) in [6.07, 6.45) is 0. The standard InChI is InChI=1S/C11H8O7/c1-18-9-5(7(12)10(14)15)3-2-4-6(9)8(13)11(16)17/h2-4H,1H3,(H,14,15)(H,16,17). The molecule has 0 saturated carbocycles. The third kappa shape index (κ3) is 2.34. The molecular weight excluding hydrogens is 244 g/mol. The highest BCUT2D eigenvalue weighted by molar-refractivity contribution is 6.43. The predicted octanol–water partition coefficient (Wildman–Crippen LogP) is 0.230. The molecule has 0 aliphatic carbocycles. The van der Waals surface area contributed by atoms with Gasteiger partial charge in [-0.15, -0.1) is 0 Å². The first-order valence-electron chi connectivity index (χ1n) is 4.62. The van der Waals surface area contributed by atoms with Crippen LogP contribution in [0.25, 0.3) is 0 Å². The number of aliphatic carboxylic acids is 2. The Bertz CT molecular complexity index is 500. The maximum Gasteiger partial charge on any atom is 0.377 e. The molecule has 1 aromatic carbocycles. The number of ether oxygens (including phenoxy) is 1. The minimum Gasteiger partial charge on any atom is -0.495 e. The van der Waals surface area contributed by atoms with Crippen LogP contribution in [-0.2, 0) is 9.59 Å². The van der Waals surface area contributed by atoms with Crippen molar-refractivity contribution in [2.45, 2.75) is 0 Å². The van der Waals surface area contributed by atoms with Gasteiger partial charge in [0.05, 0.1) is 18.2 Å². The zero-order chi connectivity index (χ0) is 13.9. The summed E-state index contributed by atoms with van der Waals surface area (Å²) in [7, 11) is 1.10. The first-order chi connectivity index (χ1) is 8.40. The lowest BCUT2D eigenvalue weighted by Gasteiger charge is -2.09. The third-order valence-electron chi connectivity index (χ3n) is 2.10. The predicted molar refractivity (Wildman–Crippen MR) is 56.9 cm³/mol. The van der Waals surface area contributed by atoms with Crippen LogP contribution in [0.2, 0.25) is 0 Å². The topological polar surface area (TPSA) is 118 Å². The molecule has 0 aromatic heterocycles. The number of benzene rings is 1. The van der Waals surface area contributed by atoms with Crippen LogP contribution in [0.3, 0.4) is 0 Å². The molecule has 94 valence electrons. The number of carbonyl (C=O) groups excluding carboxylic acids is 2. The SMILES string of the molecule is COc1c(C(=O)C(=O)O)cccc1C(=O)C(=O)O. The van der Waals surface area contributed by atoms with Gasteiger partial charge in [-0.25, -0.2) is 9.59 Å². The van der Waals surface area contributed by atoms with E-state index < -0.39 is 23.5 Å². The minimum absolute atomic E-state index is 0.364. The molecule has 0 bridgehead atoms. The largest absolute Gasteiger partial charge is 0.495 e. The molecule has 0 spiro atoms. The van der Waals surface area contributed by atoms with Crippen LogP contribution in [-0.4, -0.2) is 40.8 Å². The Morgan fingerprint density at radius 3 is 1.61 bits per heavy atom. The van der Waals surface area contributed by atoms with Crippen LogP contribution >= 0.6 is 0 Å². The maximum atomic E-state index is 11.3. The van der Waals surface area contributed by atoms with E-state index >= 15 is 0 Å². The number of carbonyl (C=O) groups is 4. The Morgan fingerprint density at radius 2 is 1.33 bits per heavy atom. The molecular formula is C11H8O7. The van der Waals surface area contributed by atoms with E-state index in [1.165, 1.54) is 6.07 Å². The van der Waals surface area contributed by atoms with Gasteiger partial charge < -0.3 is 14.9 Å². The molecule has 0 atom stereocenters. The van der Waals surface area contributed by atoms with E-state index in [1.54, 1.807) is 0 Å². The summed E-state index contributed by atoms with van der Waals surface area (Å²) < 4.78 is 4.75. The molecule has 0 saturated heterocycles. The lowest BCUT2D eigenvalue weighted by atomic mass is 10.0. The monoisotopic (exact) mass is 252 g/mol. The molecule has 0 aliphatic rings. The van der Waals surface area contributed by atoms with Crippen molar-refractivity contribution in [1.29, 1.82) is 0 Å². The van der Waals surface area contributed by atoms with E-state index in [2.05, 4.69) is 0 Å². The molecule has 18 heavy (non-hydrogen) atoms. The fraction of sp³-hybridized carbons (Fsp3) is 0.0909. The van der Waals surface area contributed by atoms with Crippen LogP contribution < -0.4 is 4.74 Å². The second-order valence-corrected chi connectivity index (χ2v) is 3.15. The van der Waals surface area contributed by atoms with Crippen LogP contribution in [0.4, 0.5) is 0 Å². The van der Waals surface area contributed by atoms with Crippen molar-refractivity contribution in [2.75, 3.05) is 7.11 Å². The molecule has 0 radical (unpaired) electrons. The van der Waals surface area contributed by atoms with Gasteiger partial charge in [-0.3, -0.25) is 9.59 Å². The van der Waals surface area contributed by atoms with Crippen LogP contribution in [0.15, 0.2) is 18.2 Å². The van der Waals surface area contributed by atoms with E-state index in [0.717, 1.165) is 19.2 Å². The van der Waals surface area contributed by atoms with Crippen LogP contribution in [0.1, 0.15) is 20.7 Å². The van der Waals surface area contributed by atoms with Crippen LogP contribution in [0.5, 0.6) is 5.75 Å². The van der Waals surface area contributed by atoms with E-state index in [0.29, 0.717) is 0 Å². The normalized spacial score (nSPS) is 9.61. The van der Waals surface area contributed by atoms with Gasteiger partial charge in [0, 0.05) is 0 Å². The van der Waals surface area contributed by atoms with Gasteiger partial charge in [0.1, 0.15) is 5.75 Å². The van der Waals surface area contributed by atoms with Crippen molar-refractivity contribution in [2.24, 2.45) is 0 Å². The molecule has 1 aromatic rings. The summed E-state index contributed by atoms with van der Waals surface area (Å²) in [5, 5.41) is 17.2. The molecule has 1 rings (SSSR count). The molecule has 0 amide bonds. The molecule has 0 unspecified atom stereocenters. The van der Waals surface area contributed by atoms with Crippen LogP contribution in [0, 0.1) is 0 Å². The molecule has 0 aliphatic heterocycles. The second-order valence-electron chi connectivity index (χ2n) is 3.15. The molecule has 7 heteroatoms. The zero-order valence-electron chi connectivity index (χ0n) is 9.17. The lowest BCUT2D eigenvalue weighted by Crippen LogP contribution is -2.18. The van der Waals surface area contributed by atoms with E-state index in [-0.39, 0.29) is 16.9 Å². The van der Waals surface area contributed by atoms with Gasteiger partial charge >= 0.3 is 11.9 Å².